The lowest BCUT2D eigenvalue weighted by Crippen LogP contribution is -2.28. The molecule has 0 aliphatic heterocycles. The highest BCUT2D eigenvalue weighted by Gasteiger charge is 2.16. The molecule has 0 bridgehead atoms. The number of aromatic nitrogens is 2. The molecule has 0 saturated carbocycles. The lowest BCUT2D eigenvalue weighted by Gasteiger charge is -2.16. The Hall–Kier alpha value is -2.72. The van der Waals surface area contributed by atoms with Gasteiger partial charge in [-0.25, -0.2) is 13.4 Å². The molecule has 0 fully saturated rings. The fourth-order valence-electron chi connectivity index (χ4n) is 2.77. The smallest absolute Gasteiger partial charge is 0.289 e. The molecular weight excluding hydrogens is 438 g/mol. The number of sulfone groups is 1. The fraction of sp³-hybridized carbons (Fsp3) is 0.333. The lowest BCUT2D eigenvalue weighted by atomic mass is 10.3. The van der Waals surface area contributed by atoms with Crippen LogP contribution in [0.4, 0.5) is 0 Å². The highest BCUT2D eigenvalue weighted by Crippen LogP contribution is 2.22. The third kappa shape index (κ3) is 6.38. The van der Waals surface area contributed by atoms with Crippen LogP contribution in [0.3, 0.4) is 0 Å². The van der Waals surface area contributed by atoms with Gasteiger partial charge in [-0.15, -0.1) is 0 Å². The maximum atomic E-state index is 12.6. The van der Waals surface area contributed by atoms with Crippen molar-refractivity contribution in [3.8, 4) is 5.75 Å². The summed E-state index contributed by atoms with van der Waals surface area (Å²) in [6, 6.07) is 9.85. The van der Waals surface area contributed by atoms with Gasteiger partial charge in [0.25, 0.3) is 5.91 Å². The minimum absolute atomic E-state index is 0.202. The Labute approximate surface area is 186 Å². The van der Waals surface area contributed by atoms with Gasteiger partial charge in [-0.1, -0.05) is 17.8 Å². The van der Waals surface area contributed by atoms with Crippen molar-refractivity contribution < 1.29 is 22.4 Å². The number of thioether (sulfide) groups is 1. The van der Waals surface area contributed by atoms with Crippen LogP contribution in [0.5, 0.6) is 5.75 Å². The van der Waals surface area contributed by atoms with Crippen LogP contribution in [0.25, 0.3) is 0 Å². The number of nitrogens with zero attached hydrogens (tertiary/aromatic N) is 3. The summed E-state index contributed by atoms with van der Waals surface area (Å²) in [5.74, 6) is 1.87. The fourth-order valence-corrected chi connectivity index (χ4v) is 4.26. The second-order valence-corrected chi connectivity index (χ2v) is 10.0. The van der Waals surface area contributed by atoms with Gasteiger partial charge in [-0.2, -0.15) is 0 Å². The molecular formula is C21H25N3O5S2. The van der Waals surface area contributed by atoms with Crippen molar-refractivity contribution in [2.75, 3.05) is 26.5 Å². The van der Waals surface area contributed by atoms with Gasteiger partial charge in [-0.05, 0) is 36.8 Å². The number of carbonyl (C=O) groups excluding carboxylic acids is 1. The van der Waals surface area contributed by atoms with E-state index in [0.29, 0.717) is 42.6 Å². The van der Waals surface area contributed by atoms with Crippen LogP contribution < -0.4 is 4.74 Å². The number of ether oxygens (including phenoxy) is 1. The molecule has 31 heavy (non-hydrogen) atoms. The summed E-state index contributed by atoms with van der Waals surface area (Å²) in [6.45, 7) is 0.831. The van der Waals surface area contributed by atoms with Gasteiger partial charge in [0.2, 0.25) is 0 Å². The van der Waals surface area contributed by atoms with Crippen molar-refractivity contribution in [1.29, 1.82) is 0 Å². The third-order valence-corrected chi connectivity index (χ3v) is 6.67. The predicted octanol–water partition coefficient (Wildman–Crippen LogP) is 3.25. The largest absolute Gasteiger partial charge is 0.493 e. The standard InChI is InChI=1S/C21H25N3O5S2/c1-23(11-5-13-28-16-6-4-7-18(14-16)31(3,26)27)20(25)19-9-8-17(29-19)15-30-21-22-10-12-24(21)2/h4,6-10,12,14H,5,11,13,15H2,1-3H3. The van der Waals surface area contributed by atoms with E-state index in [-0.39, 0.29) is 10.8 Å². The molecule has 3 rings (SSSR count). The molecule has 0 spiro atoms. The van der Waals surface area contributed by atoms with Crippen molar-refractivity contribution >= 4 is 27.5 Å². The van der Waals surface area contributed by atoms with Gasteiger partial charge in [-0.3, -0.25) is 4.79 Å². The number of benzene rings is 1. The van der Waals surface area contributed by atoms with Gasteiger partial charge in [0.15, 0.2) is 20.8 Å². The molecule has 1 aromatic carbocycles. The van der Waals surface area contributed by atoms with Crippen molar-refractivity contribution in [3.05, 3.63) is 60.3 Å². The Balaban J connectivity index is 1.44. The first-order valence-corrected chi connectivity index (χ1v) is 12.5. The summed E-state index contributed by atoms with van der Waals surface area (Å²) in [7, 11) is 0.352. The topological polar surface area (TPSA) is 94.6 Å². The second kappa shape index (κ2) is 10.1. The Morgan fingerprint density at radius 2 is 2.10 bits per heavy atom. The predicted molar refractivity (Wildman–Crippen MR) is 118 cm³/mol. The van der Waals surface area contributed by atoms with E-state index < -0.39 is 9.84 Å². The van der Waals surface area contributed by atoms with Gasteiger partial charge in [0.1, 0.15) is 11.5 Å². The number of furan rings is 1. The van der Waals surface area contributed by atoms with Crippen molar-refractivity contribution in [3.63, 3.8) is 0 Å². The van der Waals surface area contributed by atoms with Crippen molar-refractivity contribution in [1.82, 2.24) is 14.5 Å². The minimum atomic E-state index is -3.28. The van der Waals surface area contributed by atoms with Crippen LogP contribution in [0.2, 0.25) is 0 Å². The highest BCUT2D eigenvalue weighted by molar-refractivity contribution is 7.98. The van der Waals surface area contributed by atoms with Crippen LogP contribution in [-0.2, 0) is 22.6 Å². The molecule has 3 aromatic rings. The first kappa shape index (κ1) is 23.0. The maximum absolute atomic E-state index is 12.6. The summed E-state index contributed by atoms with van der Waals surface area (Å²) < 4.78 is 36.5. The molecule has 2 aromatic heterocycles. The molecule has 0 aliphatic rings. The first-order chi connectivity index (χ1) is 14.7. The quantitative estimate of drug-likeness (QED) is 0.336. The van der Waals surface area contributed by atoms with E-state index in [1.807, 2.05) is 17.8 Å². The monoisotopic (exact) mass is 463 g/mol. The molecule has 8 nitrogen and oxygen atoms in total. The van der Waals surface area contributed by atoms with Crippen LogP contribution >= 0.6 is 11.8 Å². The number of aryl methyl sites for hydroxylation is 1. The zero-order valence-corrected chi connectivity index (χ0v) is 19.3. The van der Waals surface area contributed by atoms with Crippen molar-refractivity contribution in [2.45, 2.75) is 22.2 Å². The Kier molecular flexibility index (Phi) is 7.45. The summed E-state index contributed by atoms with van der Waals surface area (Å²) in [5, 5.41) is 0.878. The molecule has 0 N–H and O–H groups in total. The number of imidazole rings is 1. The first-order valence-electron chi connectivity index (χ1n) is 9.61. The van der Waals surface area contributed by atoms with Gasteiger partial charge >= 0.3 is 0 Å². The van der Waals surface area contributed by atoms with Crippen LogP contribution in [0.15, 0.2) is 63.3 Å². The molecule has 0 atom stereocenters. The van der Waals surface area contributed by atoms with E-state index >= 15 is 0 Å². The molecule has 1 amide bonds. The van der Waals surface area contributed by atoms with Crippen LogP contribution in [-0.4, -0.2) is 55.2 Å². The van der Waals surface area contributed by atoms with E-state index in [1.165, 1.54) is 23.9 Å². The zero-order chi connectivity index (χ0) is 22.4. The third-order valence-electron chi connectivity index (χ3n) is 4.48. The maximum Gasteiger partial charge on any atom is 0.289 e. The molecule has 166 valence electrons. The Morgan fingerprint density at radius 1 is 1.29 bits per heavy atom. The summed E-state index contributed by atoms with van der Waals surface area (Å²) in [5.41, 5.74) is 0. The SMILES string of the molecule is CN(CCCOc1cccc(S(C)(=O)=O)c1)C(=O)c1ccc(CSc2nccn2C)o1. The van der Waals surface area contributed by atoms with Gasteiger partial charge in [0.05, 0.1) is 17.3 Å². The van der Waals surface area contributed by atoms with E-state index in [0.717, 1.165) is 11.4 Å². The summed E-state index contributed by atoms with van der Waals surface area (Å²) >= 11 is 1.54. The average molecular weight is 464 g/mol. The van der Waals surface area contributed by atoms with Gasteiger partial charge in [0, 0.05) is 39.3 Å². The normalized spacial score (nSPS) is 11.5. The minimum Gasteiger partial charge on any atom is -0.493 e. The molecule has 10 heteroatoms. The second-order valence-electron chi connectivity index (χ2n) is 7.05. The molecule has 0 radical (unpaired) electrons. The molecule has 0 saturated heterocycles. The van der Waals surface area contributed by atoms with E-state index in [1.54, 1.807) is 42.4 Å². The number of hydrogen-bond acceptors (Lipinski definition) is 7. The van der Waals surface area contributed by atoms with E-state index in [4.69, 9.17) is 9.15 Å². The van der Waals surface area contributed by atoms with Crippen LogP contribution in [0, 0.1) is 0 Å². The number of hydrogen-bond donors (Lipinski definition) is 0. The molecule has 0 aliphatic carbocycles. The zero-order valence-electron chi connectivity index (χ0n) is 17.6. The Bertz CT molecular complexity index is 1140. The van der Waals surface area contributed by atoms with E-state index in [2.05, 4.69) is 4.98 Å². The number of carbonyl (C=O) groups is 1. The number of amides is 1. The number of rotatable bonds is 10. The highest BCUT2D eigenvalue weighted by atomic mass is 32.2. The van der Waals surface area contributed by atoms with Crippen LogP contribution in [0.1, 0.15) is 22.7 Å². The summed E-state index contributed by atoms with van der Waals surface area (Å²) in [4.78, 5) is 18.6. The Morgan fingerprint density at radius 3 is 2.81 bits per heavy atom. The average Bonchev–Trinajstić information content (AvgIpc) is 3.37. The summed E-state index contributed by atoms with van der Waals surface area (Å²) in [6.07, 6.45) is 5.36. The molecule has 2 heterocycles. The van der Waals surface area contributed by atoms with E-state index in [9.17, 15) is 13.2 Å². The molecule has 0 unspecified atom stereocenters. The van der Waals surface area contributed by atoms with Gasteiger partial charge < -0.3 is 18.6 Å². The lowest BCUT2D eigenvalue weighted by molar-refractivity contribution is 0.0755. The van der Waals surface area contributed by atoms with Crippen molar-refractivity contribution in [2.24, 2.45) is 7.05 Å².